The quantitative estimate of drug-likeness (QED) is 0.262. The largest absolute Gasteiger partial charge is 0.479 e. The van der Waals surface area contributed by atoms with Gasteiger partial charge in [0.05, 0.1) is 28.5 Å². The number of thiophene rings is 1. The first-order chi connectivity index (χ1) is 19.3. The molecular formula is C32H27N3O4S. The number of amides is 2. The molecule has 1 aromatic heterocycles. The Morgan fingerprint density at radius 3 is 2.27 bits per heavy atom. The van der Waals surface area contributed by atoms with Crippen LogP contribution in [0.2, 0.25) is 0 Å². The summed E-state index contributed by atoms with van der Waals surface area (Å²) in [6.45, 7) is 3.42. The SMILES string of the molecule is Cc1cccc(C2C(C(=O)c3cccs3)C(c3ccc(C#N)cc3)C(C)(C(=O)O)N2C(=O)Nc2ccccc2)c1. The summed E-state index contributed by atoms with van der Waals surface area (Å²) < 4.78 is 0. The maximum absolute atomic E-state index is 14.3. The molecule has 3 aromatic carbocycles. The number of carbonyl (C=O) groups is 3. The van der Waals surface area contributed by atoms with Gasteiger partial charge in [-0.05, 0) is 60.7 Å². The molecule has 1 aliphatic heterocycles. The second kappa shape index (κ2) is 10.8. The second-order valence-corrected chi connectivity index (χ2v) is 11.0. The number of aryl methyl sites for hydroxylation is 1. The Morgan fingerprint density at radius 1 is 0.950 bits per heavy atom. The summed E-state index contributed by atoms with van der Waals surface area (Å²) in [5.41, 5.74) is 1.24. The van der Waals surface area contributed by atoms with Crippen molar-refractivity contribution in [2.75, 3.05) is 5.32 Å². The van der Waals surface area contributed by atoms with Crippen LogP contribution in [0.15, 0.2) is 96.4 Å². The fourth-order valence-corrected chi connectivity index (χ4v) is 6.51. The molecule has 2 heterocycles. The highest BCUT2D eigenvalue weighted by molar-refractivity contribution is 7.12. The maximum atomic E-state index is 14.3. The predicted molar refractivity (Wildman–Crippen MR) is 153 cm³/mol. The zero-order chi connectivity index (χ0) is 28.4. The molecule has 1 saturated heterocycles. The lowest BCUT2D eigenvalue weighted by Gasteiger charge is -2.37. The molecular weight excluding hydrogens is 522 g/mol. The van der Waals surface area contributed by atoms with E-state index in [9.17, 15) is 24.8 Å². The minimum atomic E-state index is -1.82. The molecule has 4 unspecified atom stereocenters. The number of carbonyl (C=O) groups excluding carboxylic acids is 2. The highest BCUT2D eigenvalue weighted by atomic mass is 32.1. The lowest BCUT2D eigenvalue weighted by atomic mass is 9.72. The van der Waals surface area contributed by atoms with Gasteiger partial charge in [0.2, 0.25) is 0 Å². The lowest BCUT2D eigenvalue weighted by Crippen LogP contribution is -2.55. The summed E-state index contributed by atoms with van der Waals surface area (Å²) in [7, 11) is 0. The van der Waals surface area contributed by atoms with Gasteiger partial charge in [0.1, 0.15) is 5.54 Å². The molecule has 4 aromatic rings. The fraction of sp³-hybridized carbons (Fsp3) is 0.188. The van der Waals surface area contributed by atoms with Gasteiger partial charge in [-0.25, -0.2) is 9.59 Å². The van der Waals surface area contributed by atoms with Gasteiger partial charge in [-0.3, -0.25) is 9.69 Å². The van der Waals surface area contributed by atoms with Crippen molar-refractivity contribution in [3.05, 3.63) is 124 Å². The van der Waals surface area contributed by atoms with Crippen LogP contribution in [0, 0.1) is 24.2 Å². The molecule has 0 saturated carbocycles. The van der Waals surface area contributed by atoms with Crippen molar-refractivity contribution in [3.63, 3.8) is 0 Å². The van der Waals surface area contributed by atoms with E-state index in [-0.39, 0.29) is 5.78 Å². The Labute approximate surface area is 236 Å². The van der Waals surface area contributed by atoms with Crippen molar-refractivity contribution in [1.29, 1.82) is 5.26 Å². The van der Waals surface area contributed by atoms with Gasteiger partial charge in [-0.1, -0.05) is 66.2 Å². The number of nitriles is 1. The van der Waals surface area contributed by atoms with E-state index in [1.54, 1.807) is 66.0 Å². The molecule has 1 fully saturated rings. The fourth-order valence-electron chi connectivity index (χ4n) is 5.79. The monoisotopic (exact) mass is 549 g/mol. The van der Waals surface area contributed by atoms with Crippen LogP contribution in [-0.4, -0.2) is 33.3 Å². The molecule has 0 aliphatic carbocycles. The van der Waals surface area contributed by atoms with Crippen LogP contribution in [0.4, 0.5) is 10.5 Å². The number of aliphatic carboxylic acids is 1. The van der Waals surface area contributed by atoms with Crippen molar-refractivity contribution < 1.29 is 19.5 Å². The molecule has 0 bridgehead atoms. The van der Waals surface area contributed by atoms with Crippen molar-refractivity contribution in [2.24, 2.45) is 5.92 Å². The normalized spacial score (nSPS) is 21.9. The molecule has 0 radical (unpaired) electrons. The van der Waals surface area contributed by atoms with Crippen molar-refractivity contribution in [2.45, 2.75) is 31.3 Å². The third-order valence-electron chi connectivity index (χ3n) is 7.61. The van der Waals surface area contributed by atoms with Gasteiger partial charge in [0, 0.05) is 11.6 Å². The Bertz CT molecular complexity index is 1600. The second-order valence-electron chi connectivity index (χ2n) is 10.1. The van der Waals surface area contributed by atoms with E-state index in [1.165, 1.54) is 23.2 Å². The van der Waals surface area contributed by atoms with E-state index >= 15 is 0 Å². The number of ketones is 1. The highest BCUT2D eigenvalue weighted by Gasteiger charge is 2.65. The molecule has 0 spiro atoms. The maximum Gasteiger partial charge on any atom is 0.330 e. The third-order valence-corrected chi connectivity index (χ3v) is 8.49. The van der Waals surface area contributed by atoms with Crippen LogP contribution < -0.4 is 5.32 Å². The standard InChI is InChI=1S/C32H27N3O4S/c1-20-8-6-9-23(18-20)28-26(29(36)25-12-7-17-40-25)27(22-15-13-21(19-33)14-16-22)32(2,30(37)38)35(28)31(39)34-24-10-4-3-5-11-24/h3-18,26-28H,1-2H3,(H,34,39)(H,37,38). The zero-order valence-electron chi connectivity index (χ0n) is 21.9. The number of nitrogens with one attached hydrogen (secondary N) is 1. The van der Waals surface area contributed by atoms with E-state index in [2.05, 4.69) is 11.4 Å². The summed E-state index contributed by atoms with van der Waals surface area (Å²) in [4.78, 5) is 43.6. The number of para-hydroxylation sites is 1. The average Bonchev–Trinajstić information content (AvgIpc) is 3.59. The van der Waals surface area contributed by atoms with Crippen molar-refractivity contribution in [3.8, 4) is 6.07 Å². The van der Waals surface area contributed by atoms with E-state index in [0.717, 1.165) is 5.56 Å². The summed E-state index contributed by atoms with van der Waals surface area (Å²) in [6.07, 6.45) is 0. The Morgan fingerprint density at radius 2 is 1.68 bits per heavy atom. The molecule has 1 aliphatic rings. The van der Waals surface area contributed by atoms with E-state index in [1.807, 2.05) is 37.3 Å². The van der Waals surface area contributed by atoms with Crippen LogP contribution >= 0.6 is 11.3 Å². The Kier molecular flexibility index (Phi) is 7.24. The minimum Gasteiger partial charge on any atom is -0.479 e. The number of nitrogens with zero attached hydrogens (tertiary/aromatic N) is 2. The van der Waals surface area contributed by atoms with Gasteiger partial charge in [-0.15, -0.1) is 11.3 Å². The number of rotatable bonds is 6. The van der Waals surface area contributed by atoms with Crippen molar-refractivity contribution >= 4 is 34.8 Å². The number of anilines is 1. The zero-order valence-corrected chi connectivity index (χ0v) is 22.8. The molecule has 5 rings (SSSR count). The Hall–Kier alpha value is -4.74. The third kappa shape index (κ3) is 4.65. The Balaban J connectivity index is 1.77. The number of hydrogen-bond donors (Lipinski definition) is 2. The summed E-state index contributed by atoms with van der Waals surface area (Å²) in [6, 6.07) is 27.0. The lowest BCUT2D eigenvalue weighted by molar-refractivity contribution is -0.148. The van der Waals surface area contributed by atoms with Gasteiger partial charge in [0.15, 0.2) is 5.78 Å². The number of Topliss-reactive ketones (excluding diaryl/α,β-unsaturated/α-hetero) is 1. The van der Waals surface area contributed by atoms with Crippen molar-refractivity contribution in [1.82, 2.24) is 4.90 Å². The number of carboxylic acid groups (broad SMARTS) is 1. The van der Waals surface area contributed by atoms with E-state index < -0.39 is 35.4 Å². The van der Waals surface area contributed by atoms with E-state index in [0.29, 0.717) is 27.3 Å². The van der Waals surface area contributed by atoms with Gasteiger partial charge < -0.3 is 10.4 Å². The smallest absolute Gasteiger partial charge is 0.330 e. The first kappa shape index (κ1) is 26.9. The average molecular weight is 550 g/mol. The summed E-state index contributed by atoms with van der Waals surface area (Å²) in [5, 5.41) is 24.9. The molecule has 40 heavy (non-hydrogen) atoms. The van der Waals surface area contributed by atoms with Crippen LogP contribution in [0.3, 0.4) is 0 Å². The number of likely N-dealkylation sites (tertiary alicyclic amines) is 1. The molecule has 2 N–H and O–H groups in total. The topological polar surface area (TPSA) is 110 Å². The molecule has 7 nitrogen and oxygen atoms in total. The minimum absolute atomic E-state index is 0.238. The first-order valence-electron chi connectivity index (χ1n) is 12.8. The summed E-state index contributed by atoms with van der Waals surface area (Å²) in [5.74, 6) is -3.31. The number of hydrogen-bond acceptors (Lipinski definition) is 5. The van der Waals surface area contributed by atoms with Crippen LogP contribution in [0.5, 0.6) is 0 Å². The van der Waals surface area contributed by atoms with Gasteiger partial charge >= 0.3 is 12.0 Å². The molecule has 200 valence electrons. The first-order valence-corrected chi connectivity index (χ1v) is 13.7. The van der Waals surface area contributed by atoms with Gasteiger partial charge in [0.25, 0.3) is 0 Å². The highest BCUT2D eigenvalue weighted by Crippen LogP contribution is 2.57. The molecule has 4 atom stereocenters. The van der Waals surface area contributed by atoms with Crippen LogP contribution in [0.25, 0.3) is 0 Å². The molecule has 2 amide bonds. The van der Waals surface area contributed by atoms with Crippen LogP contribution in [0.1, 0.15) is 50.8 Å². The van der Waals surface area contributed by atoms with Crippen LogP contribution in [-0.2, 0) is 4.79 Å². The summed E-state index contributed by atoms with van der Waals surface area (Å²) >= 11 is 1.28. The van der Waals surface area contributed by atoms with Gasteiger partial charge in [-0.2, -0.15) is 5.26 Å². The predicted octanol–water partition coefficient (Wildman–Crippen LogP) is 6.64. The molecule has 8 heteroatoms. The van der Waals surface area contributed by atoms with E-state index in [4.69, 9.17) is 0 Å². The number of carboxylic acids is 1. The number of urea groups is 1. The number of benzene rings is 3.